The van der Waals surface area contributed by atoms with E-state index in [0.29, 0.717) is 6.04 Å². The van der Waals surface area contributed by atoms with Crippen LogP contribution in [0.3, 0.4) is 0 Å². The molecule has 2 saturated heterocycles. The number of rotatable bonds is 1. The van der Waals surface area contributed by atoms with Gasteiger partial charge in [0.2, 0.25) is 0 Å². The lowest BCUT2D eigenvalue weighted by atomic mass is 10.1. The largest absolute Gasteiger partial charge is 0.366 e. The summed E-state index contributed by atoms with van der Waals surface area (Å²) in [5, 5.41) is 0. The van der Waals surface area contributed by atoms with Gasteiger partial charge in [0, 0.05) is 36.3 Å². The van der Waals surface area contributed by atoms with Crippen LogP contribution in [0.15, 0.2) is 22.9 Å². The molecule has 0 spiro atoms. The maximum absolute atomic E-state index is 4.29. The average Bonchev–Trinajstić information content (AvgIpc) is 2.63. The van der Waals surface area contributed by atoms with E-state index in [1.165, 1.54) is 44.6 Å². The van der Waals surface area contributed by atoms with Crippen LogP contribution in [0.25, 0.3) is 0 Å². The SMILES string of the molecule is Brc1cncc(N2CCN3CCCC2CC3)c1. The maximum Gasteiger partial charge on any atom is 0.0567 e. The third-order valence-corrected chi connectivity index (χ3v) is 4.34. The van der Waals surface area contributed by atoms with Crippen LogP contribution in [-0.4, -0.2) is 42.1 Å². The van der Waals surface area contributed by atoms with Crippen LogP contribution < -0.4 is 4.90 Å². The van der Waals surface area contributed by atoms with Gasteiger partial charge in [0.15, 0.2) is 0 Å². The Kier molecular flexibility index (Phi) is 3.34. The molecule has 2 fully saturated rings. The monoisotopic (exact) mass is 295 g/mol. The zero-order valence-corrected chi connectivity index (χ0v) is 11.6. The van der Waals surface area contributed by atoms with Gasteiger partial charge in [-0.3, -0.25) is 4.98 Å². The van der Waals surface area contributed by atoms with Crippen molar-refractivity contribution >= 4 is 21.6 Å². The van der Waals surface area contributed by atoms with Crippen LogP contribution >= 0.6 is 15.9 Å². The first-order valence-corrected chi connectivity index (χ1v) is 7.22. The molecule has 0 aromatic carbocycles. The molecule has 0 N–H and O–H groups in total. The Hall–Kier alpha value is -0.610. The lowest BCUT2D eigenvalue weighted by Gasteiger charge is -2.33. The van der Waals surface area contributed by atoms with E-state index in [1.54, 1.807) is 0 Å². The Bertz CT molecular complexity index is 396. The smallest absolute Gasteiger partial charge is 0.0567 e. The minimum Gasteiger partial charge on any atom is -0.366 e. The predicted octanol–water partition coefficient (Wildman–Crippen LogP) is 2.52. The third kappa shape index (κ3) is 2.47. The highest BCUT2D eigenvalue weighted by molar-refractivity contribution is 9.10. The summed E-state index contributed by atoms with van der Waals surface area (Å²) < 4.78 is 1.08. The van der Waals surface area contributed by atoms with Crippen LogP contribution in [0.4, 0.5) is 5.69 Å². The van der Waals surface area contributed by atoms with E-state index >= 15 is 0 Å². The summed E-state index contributed by atoms with van der Waals surface area (Å²) in [6, 6.07) is 2.90. The molecule has 92 valence electrons. The van der Waals surface area contributed by atoms with E-state index in [9.17, 15) is 0 Å². The zero-order chi connectivity index (χ0) is 11.7. The van der Waals surface area contributed by atoms with Gasteiger partial charge in [-0.2, -0.15) is 0 Å². The molecule has 0 saturated carbocycles. The van der Waals surface area contributed by atoms with Crippen LogP contribution in [-0.2, 0) is 0 Å². The summed E-state index contributed by atoms with van der Waals surface area (Å²) in [7, 11) is 0. The van der Waals surface area contributed by atoms with Gasteiger partial charge in [0.1, 0.15) is 0 Å². The quantitative estimate of drug-likeness (QED) is 0.794. The van der Waals surface area contributed by atoms with Gasteiger partial charge in [-0.05, 0) is 47.8 Å². The molecule has 1 aromatic rings. The Morgan fingerprint density at radius 3 is 2.94 bits per heavy atom. The molecule has 2 atom stereocenters. The van der Waals surface area contributed by atoms with Crippen molar-refractivity contribution in [3.8, 4) is 0 Å². The van der Waals surface area contributed by atoms with Crippen molar-refractivity contribution in [2.75, 3.05) is 31.1 Å². The van der Waals surface area contributed by atoms with Crippen molar-refractivity contribution in [3.05, 3.63) is 22.9 Å². The number of halogens is 1. The molecular formula is C13H18BrN3. The average molecular weight is 296 g/mol. The predicted molar refractivity (Wildman–Crippen MR) is 73.4 cm³/mol. The van der Waals surface area contributed by atoms with Gasteiger partial charge >= 0.3 is 0 Å². The number of aromatic nitrogens is 1. The second-order valence-electron chi connectivity index (χ2n) is 4.98. The van der Waals surface area contributed by atoms with E-state index in [2.05, 4.69) is 36.8 Å². The Morgan fingerprint density at radius 1 is 1.12 bits per heavy atom. The fourth-order valence-electron chi connectivity index (χ4n) is 3.00. The summed E-state index contributed by atoms with van der Waals surface area (Å²) in [5.74, 6) is 0. The van der Waals surface area contributed by atoms with Gasteiger partial charge in [-0.1, -0.05) is 0 Å². The second-order valence-corrected chi connectivity index (χ2v) is 5.90. The Balaban J connectivity index is 1.86. The molecule has 4 heteroatoms. The van der Waals surface area contributed by atoms with E-state index in [-0.39, 0.29) is 0 Å². The molecule has 0 radical (unpaired) electrons. The highest BCUT2D eigenvalue weighted by Crippen LogP contribution is 2.27. The standard InChI is InChI=1S/C13H18BrN3/c14-11-8-13(10-15-9-11)17-7-6-16-4-1-2-12(17)3-5-16/h8-10,12H,1-7H2. The van der Waals surface area contributed by atoms with Crippen LogP contribution in [0.2, 0.25) is 0 Å². The van der Waals surface area contributed by atoms with Gasteiger partial charge < -0.3 is 9.80 Å². The minimum absolute atomic E-state index is 0.707. The second kappa shape index (κ2) is 4.94. The van der Waals surface area contributed by atoms with Gasteiger partial charge in [0.05, 0.1) is 11.9 Å². The van der Waals surface area contributed by atoms with Gasteiger partial charge in [0.25, 0.3) is 0 Å². The van der Waals surface area contributed by atoms with Crippen LogP contribution in [0, 0.1) is 0 Å². The molecule has 17 heavy (non-hydrogen) atoms. The Morgan fingerprint density at radius 2 is 2.06 bits per heavy atom. The molecule has 0 amide bonds. The van der Waals surface area contributed by atoms with Crippen molar-refractivity contribution in [2.45, 2.75) is 25.3 Å². The van der Waals surface area contributed by atoms with Gasteiger partial charge in [-0.25, -0.2) is 0 Å². The molecule has 0 aliphatic carbocycles. The Labute approximate surface area is 111 Å². The molecule has 2 aliphatic heterocycles. The lowest BCUT2D eigenvalue weighted by Crippen LogP contribution is -2.39. The minimum atomic E-state index is 0.707. The van der Waals surface area contributed by atoms with E-state index in [0.717, 1.165) is 11.0 Å². The summed E-state index contributed by atoms with van der Waals surface area (Å²) in [6.45, 7) is 4.90. The van der Waals surface area contributed by atoms with Crippen LogP contribution in [0.1, 0.15) is 19.3 Å². The molecule has 1 aromatic heterocycles. The number of pyridine rings is 1. The summed E-state index contributed by atoms with van der Waals surface area (Å²) >= 11 is 3.52. The molecular weight excluding hydrogens is 278 g/mol. The first-order chi connectivity index (χ1) is 8.33. The highest BCUT2D eigenvalue weighted by Gasteiger charge is 2.27. The summed E-state index contributed by atoms with van der Waals surface area (Å²) in [4.78, 5) is 9.45. The zero-order valence-electron chi connectivity index (χ0n) is 9.98. The summed E-state index contributed by atoms with van der Waals surface area (Å²) in [5.41, 5.74) is 1.27. The van der Waals surface area contributed by atoms with Crippen LogP contribution in [0.5, 0.6) is 0 Å². The van der Waals surface area contributed by atoms with Crippen molar-refractivity contribution < 1.29 is 0 Å². The van der Waals surface area contributed by atoms with E-state index < -0.39 is 0 Å². The fraction of sp³-hybridized carbons (Fsp3) is 0.615. The number of anilines is 1. The number of fused-ring (bicyclic) bond motifs is 3. The highest BCUT2D eigenvalue weighted by atomic mass is 79.9. The third-order valence-electron chi connectivity index (χ3n) is 3.91. The molecule has 2 bridgehead atoms. The maximum atomic E-state index is 4.29. The summed E-state index contributed by atoms with van der Waals surface area (Å²) in [6.07, 6.45) is 7.81. The molecule has 3 nitrogen and oxygen atoms in total. The number of nitrogens with zero attached hydrogens (tertiary/aromatic N) is 3. The van der Waals surface area contributed by atoms with Crippen molar-refractivity contribution in [2.24, 2.45) is 0 Å². The topological polar surface area (TPSA) is 19.4 Å². The van der Waals surface area contributed by atoms with E-state index in [4.69, 9.17) is 0 Å². The van der Waals surface area contributed by atoms with Gasteiger partial charge in [-0.15, -0.1) is 0 Å². The molecule has 2 unspecified atom stereocenters. The van der Waals surface area contributed by atoms with Crippen molar-refractivity contribution in [3.63, 3.8) is 0 Å². The number of hydrogen-bond donors (Lipinski definition) is 0. The molecule has 3 heterocycles. The number of hydrogen-bond acceptors (Lipinski definition) is 3. The normalized spacial score (nSPS) is 28.9. The van der Waals surface area contributed by atoms with Crippen molar-refractivity contribution in [1.82, 2.24) is 9.88 Å². The molecule has 3 rings (SSSR count). The lowest BCUT2D eigenvalue weighted by molar-refractivity contribution is 0.298. The van der Waals surface area contributed by atoms with E-state index in [1.807, 2.05) is 12.4 Å². The first kappa shape index (κ1) is 11.5. The van der Waals surface area contributed by atoms with Crippen molar-refractivity contribution in [1.29, 1.82) is 0 Å². The first-order valence-electron chi connectivity index (χ1n) is 6.42. The fourth-order valence-corrected chi connectivity index (χ4v) is 3.36. The molecule has 2 aliphatic rings.